The van der Waals surface area contributed by atoms with E-state index in [1.165, 1.54) is 23.1 Å². The molecular formula is C13H15N3O2S2. The van der Waals surface area contributed by atoms with Crippen LogP contribution in [-0.2, 0) is 4.79 Å². The summed E-state index contributed by atoms with van der Waals surface area (Å²) < 4.78 is 0.760. The quantitative estimate of drug-likeness (QED) is 0.797. The predicted octanol–water partition coefficient (Wildman–Crippen LogP) is 1.87. The molecule has 2 rings (SSSR count). The lowest BCUT2D eigenvalue weighted by Crippen LogP contribution is -2.34. The van der Waals surface area contributed by atoms with Gasteiger partial charge in [-0.25, -0.2) is 0 Å². The second-order valence-electron chi connectivity index (χ2n) is 4.14. The first-order valence-corrected chi connectivity index (χ1v) is 7.86. The lowest BCUT2D eigenvalue weighted by Gasteiger charge is -2.14. The number of rotatable bonds is 6. The van der Waals surface area contributed by atoms with Crippen molar-refractivity contribution in [3.63, 3.8) is 0 Å². The van der Waals surface area contributed by atoms with Crippen molar-refractivity contribution in [3.05, 3.63) is 41.4 Å². The number of aliphatic hydroxyl groups is 1. The van der Waals surface area contributed by atoms with Gasteiger partial charge in [0.25, 0.3) is 0 Å². The van der Waals surface area contributed by atoms with Crippen LogP contribution in [0.2, 0.25) is 0 Å². The Hall–Kier alpha value is -1.44. The van der Waals surface area contributed by atoms with Gasteiger partial charge < -0.3 is 10.4 Å². The molecule has 0 saturated carbocycles. The molecule has 0 spiro atoms. The van der Waals surface area contributed by atoms with Crippen LogP contribution in [0.1, 0.15) is 18.6 Å². The van der Waals surface area contributed by atoms with Crippen molar-refractivity contribution in [2.24, 2.45) is 0 Å². The number of nitrogens with one attached hydrogen (secondary N) is 1. The van der Waals surface area contributed by atoms with Gasteiger partial charge in [-0.3, -0.25) is 4.79 Å². The highest BCUT2D eigenvalue weighted by Gasteiger charge is 2.17. The second kappa shape index (κ2) is 7.37. The summed E-state index contributed by atoms with van der Waals surface area (Å²) in [6.07, 6.45) is -0.695. The summed E-state index contributed by atoms with van der Waals surface area (Å²) in [6.45, 7) is 2.00. The van der Waals surface area contributed by atoms with E-state index in [4.69, 9.17) is 0 Å². The van der Waals surface area contributed by atoms with Crippen LogP contribution in [0.15, 0.2) is 40.2 Å². The molecule has 0 bridgehead atoms. The van der Waals surface area contributed by atoms with E-state index in [1.807, 2.05) is 30.3 Å². The van der Waals surface area contributed by atoms with Gasteiger partial charge in [-0.15, -0.1) is 10.2 Å². The fourth-order valence-corrected chi connectivity index (χ4v) is 3.20. The summed E-state index contributed by atoms with van der Waals surface area (Å²) in [5.74, 6) is -0.125. The Morgan fingerprint density at radius 1 is 1.45 bits per heavy atom. The molecule has 0 saturated heterocycles. The fraction of sp³-hybridized carbons (Fsp3) is 0.308. The second-order valence-corrected chi connectivity index (χ2v) is 6.56. The van der Waals surface area contributed by atoms with Gasteiger partial charge in [0.15, 0.2) is 4.34 Å². The molecule has 2 N–H and O–H groups in total. The highest BCUT2D eigenvalue weighted by atomic mass is 32.2. The van der Waals surface area contributed by atoms with Crippen LogP contribution >= 0.6 is 23.1 Å². The van der Waals surface area contributed by atoms with E-state index < -0.39 is 6.10 Å². The summed E-state index contributed by atoms with van der Waals surface area (Å²) in [6, 6.07) is 9.25. The van der Waals surface area contributed by atoms with Crippen LogP contribution in [0, 0.1) is 0 Å². The predicted molar refractivity (Wildman–Crippen MR) is 79.6 cm³/mol. The van der Waals surface area contributed by atoms with Crippen LogP contribution in [0.4, 0.5) is 0 Å². The van der Waals surface area contributed by atoms with Crippen molar-refractivity contribution in [2.45, 2.75) is 22.6 Å². The van der Waals surface area contributed by atoms with E-state index in [9.17, 15) is 9.90 Å². The van der Waals surface area contributed by atoms with Gasteiger partial charge >= 0.3 is 0 Å². The molecule has 0 aliphatic rings. The minimum Gasteiger partial charge on any atom is -0.387 e. The summed E-state index contributed by atoms with van der Waals surface area (Å²) in [5, 5.41) is 20.0. The van der Waals surface area contributed by atoms with E-state index in [1.54, 1.807) is 12.4 Å². The molecule has 0 aliphatic carbocycles. The van der Waals surface area contributed by atoms with Gasteiger partial charge in [-0.2, -0.15) is 0 Å². The number of hydrogen-bond acceptors (Lipinski definition) is 6. The lowest BCUT2D eigenvalue weighted by atomic mass is 10.1. The number of hydrogen-bond donors (Lipinski definition) is 2. The van der Waals surface area contributed by atoms with Crippen LogP contribution in [0.25, 0.3) is 0 Å². The number of benzene rings is 1. The van der Waals surface area contributed by atoms with Crippen molar-refractivity contribution in [3.8, 4) is 0 Å². The summed E-state index contributed by atoms with van der Waals surface area (Å²) in [5.41, 5.74) is 2.42. The largest absolute Gasteiger partial charge is 0.387 e. The molecule has 5 nitrogen and oxygen atoms in total. The third-order valence-corrected chi connectivity index (χ3v) is 4.55. The van der Waals surface area contributed by atoms with E-state index in [0.717, 1.165) is 9.90 Å². The first kappa shape index (κ1) is 15.0. The number of carbonyl (C=O) groups is 1. The third-order valence-electron chi connectivity index (χ3n) is 2.64. The molecule has 2 aromatic rings. The molecule has 1 aromatic carbocycles. The average molecular weight is 309 g/mol. The number of aliphatic hydroxyl groups excluding tert-OH is 1. The lowest BCUT2D eigenvalue weighted by molar-refractivity contribution is -0.120. The van der Waals surface area contributed by atoms with Gasteiger partial charge in [-0.1, -0.05) is 53.4 Å². The molecule has 0 fully saturated rings. The zero-order valence-electron chi connectivity index (χ0n) is 10.9. The maximum Gasteiger partial charge on any atom is 0.233 e. The Morgan fingerprint density at radius 3 is 2.85 bits per heavy atom. The minimum atomic E-state index is -0.695. The van der Waals surface area contributed by atoms with Gasteiger partial charge in [0.2, 0.25) is 5.91 Å². The number of carbonyl (C=O) groups excluding carboxylic acids is 1. The zero-order valence-corrected chi connectivity index (χ0v) is 12.5. The minimum absolute atomic E-state index is 0.125. The standard InChI is InChI=1S/C13H15N3O2S2/c1-9(20-13-16-15-8-19-13)12(18)14-7-11(17)10-5-3-2-4-6-10/h2-6,8-9,11,17H,7H2,1H3,(H,14,18)/t9-,11-/m1/s1. The van der Waals surface area contributed by atoms with E-state index in [2.05, 4.69) is 15.5 Å². The summed E-state index contributed by atoms with van der Waals surface area (Å²) in [4.78, 5) is 11.9. The summed E-state index contributed by atoms with van der Waals surface area (Å²) in [7, 11) is 0. The first-order valence-electron chi connectivity index (χ1n) is 6.10. The van der Waals surface area contributed by atoms with Gasteiger partial charge in [0.1, 0.15) is 5.51 Å². The molecule has 1 aromatic heterocycles. The van der Waals surface area contributed by atoms with Crippen LogP contribution in [-0.4, -0.2) is 33.0 Å². The topological polar surface area (TPSA) is 75.1 Å². The third kappa shape index (κ3) is 4.29. The zero-order chi connectivity index (χ0) is 14.4. The SMILES string of the molecule is C[C@@H](Sc1nncs1)C(=O)NC[C@@H](O)c1ccccc1. The Kier molecular flexibility index (Phi) is 5.51. The molecule has 2 atom stereocenters. The molecule has 20 heavy (non-hydrogen) atoms. The monoisotopic (exact) mass is 309 g/mol. The van der Waals surface area contributed by atoms with Gasteiger partial charge in [0, 0.05) is 6.54 Å². The van der Waals surface area contributed by atoms with Crippen molar-refractivity contribution >= 4 is 29.0 Å². The molecule has 0 aliphatic heterocycles. The first-order chi connectivity index (χ1) is 9.66. The average Bonchev–Trinajstić information content (AvgIpc) is 2.98. The van der Waals surface area contributed by atoms with Crippen molar-refractivity contribution in [1.82, 2.24) is 15.5 Å². The number of aromatic nitrogens is 2. The maximum atomic E-state index is 11.9. The van der Waals surface area contributed by atoms with E-state index in [-0.39, 0.29) is 17.7 Å². The van der Waals surface area contributed by atoms with E-state index >= 15 is 0 Å². The van der Waals surface area contributed by atoms with Gasteiger partial charge in [0.05, 0.1) is 11.4 Å². The van der Waals surface area contributed by atoms with Crippen molar-refractivity contribution < 1.29 is 9.90 Å². The van der Waals surface area contributed by atoms with Crippen LogP contribution < -0.4 is 5.32 Å². The normalized spacial score (nSPS) is 13.7. The Labute approximate surface area is 125 Å². The summed E-state index contributed by atoms with van der Waals surface area (Å²) >= 11 is 2.76. The van der Waals surface area contributed by atoms with E-state index in [0.29, 0.717) is 0 Å². The molecule has 7 heteroatoms. The van der Waals surface area contributed by atoms with Crippen molar-refractivity contribution in [1.29, 1.82) is 0 Å². The molecule has 0 unspecified atom stereocenters. The molecule has 1 amide bonds. The molecular weight excluding hydrogens is 294 g/mol. The highest BCUT2D eigenvalue weighted by Crippen LogP contribution is 2.24. The highest BCUT2D eigenvalue weighted by molar-refractivity contribution is 8.02. The van der Waals surface area contributed by atoms with Crippen LogP contribution in [0.5, 0.6) is 0 Å². The Balaban J connectivity index is 1.80. The smallest absolute Gasteiger partial charge is 0.233 e. The maximum absolute atomic E-state index is 11.9. The Morgan fingerprint density at radius 2 is 2.20 bits per heavy atom. The molecule has 106 valence electrons. The number of nitrogens with zero attached hydrogens (tertiary/aromatic N) is 2. The fourth-order valence-electron chi connectivity index (χ4n) is 1.55. The number of thioether (sulfide) groups is 1. The Bertz CT molecular complexity index is 534. The molecule has 0 radical (unpaired) electrons. The van der Waals surface area contributed by atoms with Crippen molar-refractivity contribution in [2.75, 3.05) is 6.54 Å². The molecule has 1 heterocycles. The van der Waals surface area contributed by atoms with Gasteiger partial charge in [-0.05, 0) is 12.5 Å². The van der Waals surface area contributed by atoms with Crippen LogP contribution in [0.3, 0.4) is 0 Å². The number of amides is 1.